The highest BCUT2D eigenvalue weighted by molar-refractivity contribution is 5.88. The highest BCUT2D eigenvalue weighted by atomic mass is 16.2. The Morgan fingerprint density at radius 1 is 1.04 bits per heavy atom. The number of hydrogen-bond acceptors (Lipinski definition) is 2. The molecule has 0 spiro atoms. The molecule has 2 amide bonds. The van der Waals surface area contributed by atoms with Crippen LogP contribution in [-0.4, -0.2) is 36.3 Å². The van der Waals surface area contributed by atoms with Crippen molar-refractivity contribution in [1.29, 1.82) is 0 Å². The second kappa shape index (κ2) is 6.58. The van der Waals surface area contributed by atoms with E-state index in [9.17, 15) is 9.59 Å². The molecule has 2 saturated carbocycles. The Kier molecular flexibility index (Phi) is 4.30. The molecule has 1 aromatic carbocycles. The van der Waals surface area contributed by atoms with Crippen molar-refractivity contribution in [2.75, 3.05) is 19.6 Å². The van der Waals surface area contributed by atoms with E-state index in [1.165, 1.54) is 31.2 Å². The van der Waals surface area contributed by atoms with Crippen LogP contribution in [0.4, 0.5) is 0 Å². The summed E-state index contributed by atoms with van der Waals surface area (Å²) in [6, 6.07) is 10.2. The quantitative estimate of drug-likeness (QED) is 0.924. The predicted octanol–water partition coefficient (Wildman–Crippen LogP) is 2.55. The maximum Gasteiger partial charge on any atom is 0.241 e. The van der Waals surface area contributed by atoms with E-state index in [1.807, 2.05) is 23.1 Å². The summed E-state index contributed by atoms with van der Waals surface area (Å²) in [5.41, 5.74) is 1.23. The van der Waals surface area contributed by atoms with Gasteiger partial charge in [-0.3, -0.25) is 9.59 Å². The first-order valence-corrected chi connectivity index (χ1v) is 9.33. The van der Waals surface area contributed by atoms with Crippen molar-refractivity contribution in [3.8, 4) is 0 Å². The lowest BCUT2D eigenvalue weighted by Gasteiger charge is -2.22. The van der Waals surface area contributed by atoms with Crippen LogP contribution >= 0.6 is 0 Å². The van der Waals surface area contributed by atoms with Crippen LogP contribution in [0.25, 0.3) is 0 Å². The maximum absolute atomic E-state index is 12.4. The second-order valence-electron chi connectivity index (χ2n) is 7.68. The summed E-state index contributed by atoms with van der Waals surface area (Å²) >= 11 is 0. The Balaban J connectivity index is 1.24. The van der Waals surface area contributed by atoms with E-state index < -0.39 is 0 Å². The van der Waals surface area contributed by atoms with Crippen molar-refractivity contribution >= 4 is 11.8 Å². The Bertz CT molecular complexity index is 601. The number of amides is 2. The van der Waals surface area contributed by atoms with Gasteiger partial charge in [-0.05, 0) is 42.6 Å². The summed E-state index contributed by atoms with van der Waals surface area (Å²) in [5, 5.41) is 2.87. The largest absolute Gasteiger partial charge is 0.347 e. The average molecular weight is 326 g/mol. The first-order valence-electron chi connectivity index (χ1n) is 9.33. The molecule has 4 atom stereocenters. The summed E-state index contributed by atoms with van der Waals surface area (Å²) in [4.78, 5) is 26.7. The molecule has 3 unspecified atom stereocenters. The Morgan fingerprint density at radius 3 is 2.38 bits per heavy atom. The molecule has 1 heterocycles. The van der Waals surface area contributed by atoms with Crippen molar-refractivity contribution < 1.29 is 9.59 Å². The Labute approximate surface area is 143 Å². The fourth-order valence-corrected chi connectivity index (χ4v) is 4.57. The van der Waals surface area contributed by atoms with Crippen LogP contribution in [0.5, 0.6) is 0 Å². The first kappa shape index (κ1) is 15.7. The molecule has 0 aromatic heterocycles. The van der Waals surface area contributed by atoms with Crippen molar-refractivity contribution in [3.05, 3.63) is 35.9 Å². The van der Waals surface area contributed by atoms with Crippen LogP contribution in [0, 0.1) is 17.8 Å². The molecule has 4 nitrogen and oxygen atoms in total. The molecule has 0 radical (unpaired) electrons. The molecule has 3 aliphatic rings. The van der Waals surface area contributed by atoms with E-state index in [-0.39, 0.29) is 24.3 Å². The van der Waals surface area contributed by atoms with Gasteiger partial charge in [0.2, 0.25) is 11.8 Å². The zero-order chi connectivity index (χ0) is 16.5. The van der Waals surface area contributed by atoms with Gasteiger partial charge in [0.15, 0.2) is 0 Å². The predicted molar refractivity (Wildman–Crippen MR) is 92.3 cm³/mol. The molecule has 24 heavy (non-hydrogen) atoms. The zero-order valence-corrected chi connectivity index (χ0v) is 14.1. The van der Waals surface area contributed by atoms with Gasteiger partial charge in [-0.1, -0.05) is 43.2 Å². The SMILES string of the molecule is O=C(NCC(=O)N1CC2CCCCC2C1)[C@H]1CC1c1ccccc1. The molecule has 0 bridgehead atoms. The molecule has 1 saturated heterocycles. The number of fused-ring (bicyclic) bond motifs is 1. The number of benzene rings is 1. The van der Waals surface area contributed by atoms with Crippen molar-refractivity contribution in [1.82, 2.24) is 10.2 Å². The Hall–Kier alpha value is -1.84. The lowest BCUT2D eigenvalue weighted by Crippen LogP contribution is -2.39. The standard InChI is InChI=1S/C20H26N2O2/c23-19(22-12-15-8-4-5-9-16(15)13-22)11-21-20(24)18-10-17(18)14-6-2-1-3-7-14/h1-3,6-7,15-18H,4-5,8-13H2,(H,21,24)/t15?,16?,17?,18-/m0/s1. The molecule has 3 fully saturated rings. The lowest BCUT2D eigenvalue weighted by atomic mass is 9.82. The van der Waals surface area contributed by atoms with Crippen LogP contribution < -0.4 is 5.32 Å². The van der Waals surface area contributed by atoms with Crippen LogP contribution in [0.1, 0.15) is 43.6 Å². The number of hydrogen-bond donors (Lipinski definition) is 1. The summed E-state index contributed by atoms with van der Waals surface area (Å²) in [6.45, 7) is 1.96. The van der Waals surface area contributed by atoms with Crippen LogP contribution in [0.2, 0.25) is 0 Å². The van der Waals surface area contributed by atoms with Gasteiger partial charge in [0.25, 0.3) is 0 Å². The van der Waals surface area contributed by atoms with E-state index in [1.54, 1.807) is 0 Å². The molecule has 1 N–H and O–H groups in total. The molecular formula is C20H26N2O2. The summed E-state index contributed by atoms with van der Waals surface area (Å²) in [7, 11) is 0. The van der Waals surface area contributed by atoms with Gasteiger partial charge in [-0.2, -0.15) is 0 Å². The smallest absolute Gasteiger partial charge is 0.241 e. The van der Waals surface area contributed by atoms with Gasteiger partial charge in [-0.25, -0.2) is 0 Å². The fourth-order valence-electron chi connectivity index (χ4n) is 4.57. The van der Waals surface area contributed by atoms with E-state index in [0.717, 1.165) is 19.5 Å². The third kappa shape index (κ3) is 3.19. The zero-order valence-electron chi connectivity index (χ0n) is 14.1. The lowest BCUT2D eigenvalue weighted by molar-refractivity contribution is -0.132. The summed E-state index contributed by atoms with van der Waals surface area (Å²) in [6.07, 6.45) is 6.05. The van der Waals surface area contributed by atoms with E-state index >= 15 is 0 Å². The maximum atomic E-state index is 12.4. The van der Waals surface area contributed by atoms with Gasteiger partial charge >= 0.3 is 0 Å². The monoisotopic (exact) mass is 326 g/mol. The average Bonchev–Trinajstić information content (AvgIpc) is 3.31. The number of rotatable bonds is 4. The number of carbonyl (C=O) groups is 2. The minimum atomic E-state index is 0.0359. The van der Waals surface area contributed by atoms with E-state index in [2.05, 4.69) is 17.4 Å². The molecular weight excluding hydrogens is 300 g/mol. The van der Waals surface area contributed by atoms with Crippen molar-refractivity contribution in [2.45, 2.75) is 38.0 Å². The molecule has 4 rings (SSSR count). The van der Waals surface area contributed by atoms with E-state index in [0.29, 0.717) is 17.8 Å². The highest BCUT2D eigenvalue weighted by Crippen LogP contribution is 2.47. The third-order valence-corrected chi connectivity index (χ3v) is 6.10. The second-order valence-corrected chi connectivity index (χ2v) is 7.68. The van der Waals surface area contributed by atoms with Gasteiger partial charge < -0.3 is 10.2 Å². The molecule has 1 aliphatic heterocycles. The number of likely N-dealkylation sites (tertiary alicyclic amines) is 1. The molecule has 1 aromatic rings. The Morgan fingerprint density at radius 2 is 1.71 bits per heavy atom. The molecule has 4 heteroatoms. The summed E-state index contributed by atoms with van der Waals surface area (Å²) < 4.78 is 0. The van der Waals surface area contributed by atoms with Crippen LogP contribution in [0.3, 0.4) is 0 Å². The number of carbonyl (C=O) groups excluding carboxylic acids is 2. The minimum absolute atomic E-state index is 0.0359. The molecule has 2 aliphatic carbocycles. The van der Waals surface area contributed by atoms with Crippen molar-refractivity contribution in [2.24, 2.45) is 17.8 Å². The van der Waals surface area contributed by atoms with Gasteiger partial charge in [0, 0.05) is 19.0 Å². The molecule has 128 valence electrons. The minimum Gasteiger partial charge on any atom is -0.347 e. The normalized spacial score (nSPS) is 31.4. The number of nitrogens with one attached hydrogen (secondary N) is 1. The van der Waals surface area contributed by atoms with Gasteiger partial charge in [-0.15, -0.1) is 0 Å². The highest BCUT2D eigenvalue weighted by Gasteiger charge is 2.44. The van der Waals surface area contributed by atoms with Gasteiger partial charge in [0.1, 0.15) is 0 Å². The number of nitrogens with zero attached hydrogens (tertiary/aromatic N) is 1. The summed E-state index contributed by atoms with van der Waals surface area (Å²) in [5.74, 6) is 1.90. The van der Waals surface area contributed by atoms with Gasteiger partial charge in [0.05, 0.1) is 6.54 Å². The first-order chi connectivity index (χ1) is 11.7. The van der Waals surface area contributed by atoms with Crippen LogP contribution in [0.15, 0.2) is 30.3 Å². The fraction of sp³-hybridized carbons (Fsp3) is 0.600. The topological polar surface area (TPSA) is 49.4 Å². The van der Waals surface area contributed by atoms with E-state index in [4.69, 9.17) is 0 Å². The third-order valence-electron chi connectivity index (χ3n) is 6.10. The van der Waals surface area contributed by atoms with Crippen molar-refractivity contribution in [3.63, 3.8) is 0 Å². The van der Waals surface area contributed by atoms with Crippen LogP contribution in [-0.2, 0) is 9.59 Å².